The van der Waals surface area contributed by atoms with Gasteiger partial charge < -0.3 is 10.2 Å². The van der Waals surface area contributed by atoms with Gasteiger partial charge in [-0.1, -0.05) is 6.07 Å². The summed E-state index contributed by atoms with van der Waals surface area (Å²) in [5.41, 5.74) is 4.70. The van der Waals surface area contributed by atoms with E-state index in [4.69, 9.17) is 0 Å². The molecule has 0 fully saturated rings. The molecule has 0 bridgehead atoms. The summed E-state index contributed by atoms with van der Waals surface area (Å²) >= 11 is 0. The Labute approximate surface area is 141 Å². The number of nitrogens with zero attached hydrogens (tertiary/aromatic N) is 5. The minimum atomic E-state index is 0.268. The third-order valence-electron chi connectivity index (χ3n) is 4.49. The maximum Gasteiger partial charge on any atom is 0.229 e. The molecule has 24 heavy (non-hydrogen) atoms. The van der Waals surface area contributed by atoms with Gasteiger partial charge in [-0.05, 0) is 50.6 Å². The topological polar surface area (TPSA) is 58.9 Å². The lowest BCUT2D eigenvalue weighted by Gasteiger charge is -2.25. The van der Waals surface area contributed by atoms with Crippen molar-refractivity contribution in [1.29, 1.82) is 0 Å². The van der Waals surface area contributed by atoms with E-state index >= 15 is 0 Å². The number of nitrogens with one attached hydrogen (secondary N) is 1. The monoisotopic (exact) mass is 322 g/mol. The van der Waals surface area contributed by atoms with Gasteiger partial charge in [0.25, 0.3) is 0 Å². The van der Waals surface area contributed by atoms with Crippen molar-refractivity contribution in [2.75, 3.05) is 18.9 Å². The van der Waals surface area contributed by atoms with E-state index in [0.717, 1.165) is 36.2 Å². The van der Waals surface area contributed by atoms with Crippen molar-refractivity contribution < 1.29 is 0 Å². The summed E-state index contributed by atoms with van der Waals surface area (Å²) in [4.78, 5) is 11.4. The molecule has 2 aromatic heterocycles. The van der Waals surface area contributed by atoms with Gasteiger partial charge in [-0.3, -0.25) is 0 Å². The maximum absolute atomic E-state index is 4.65. The molecule has 0 atom stereocenters. The van der Waals surface area contributed by atoms with E-state index in [9.17, 15) is 0 Å². The zero-order chi connectivity index (χ0) is 16.7. The molecule has 6 nitrogen and oxygen atoms in total. The molecule has 3 heterocycles. The van der Waals surface area contributed by atoms with Gasteiger partial charge in [-0.25, -0.2) is 9.67 Å². The lowest BCUT2D eigenvalue weighted by atomic mass is 9.99. The number of benzene rings is 1. The second kappa shape index (κ2) is 5.87. The molecule has 0 unspecified atom stereocenters. The van der Waals surface area contributed by atoms with E-state index in [-0.39, 0.29) is 6.04 Å². The molecule has 124 valence electrons. The van der Waals surface area contributed by atoms with E-state index in [0.29, 0.717) is 5.95 Å². The summed E-state index contributed by atoms with van der Waals surface area (Å²) in [7, 11) is 2.16. The molecule has 0 amide bonds. The summed E-state index contributed by atoms with van der Waals surface area (Å²) in [5, 5.41) is 8.68. The first-order chi connectivity index (χ1) is 11.6. The predicted molar refractivity (Wildman–Crippen MR) is 95.5 cm³/mol. The van der Waals surface area contributed by atoms with Crippen LogP contribution in [0.2, 0.25) is 0 Å². The van der Waals surface area contributed by atoms with E-state index in [1.165, 1.54) is 11.1 Å². The highest BCUT2D eigenvalue weighted by atomic mass is 15.3. The van der Waals surface area contributed by atoms with Crippen LogP contribution in [-0.2, 0) is 13.0 Å². The van der Waals surface area contributed by atoms with Gasteiger partial charge in [0.05, 0.1) is 11.6 Å². The Kier molecular flexibility index (Phi) is 3.69. The summed E-state index contributed by atoms with van der Waals surface area (Å²) in [6.07, 6.45) is 4.75. The van der Waals surface area contributed by atoms with Crippen LogP contribution >= 0.6 is 0 Å². The van der Waals surface area contributed by atoms with Crippen LogP contribution in [0.1, 0.15) is 31.0 Å². The van der Waals surface area contributed by atoms with Crippen molar-refractivity contribution in [3.8, 4) is 0 Å². The van der Waals surface area contributed by atoms with Gasteiger partial charge >= 0.3 is 0 Å². The van der Waals surface area contributed by atoms with Crippen LogP contribution in [0.5, 0.6) is 0 Å². The second-order valence-electron chi connectivity index (χ2n) is 6.75. The quantitative estimate of drug-likeness (QED) is 0.803. The van der Waals surface area contributed by atoms with Crippen LogP contribution in [0.4, 0.5) is 11.6 Å². The van der Waals surface area contributed by atoms with E-state index in [1.54, 1.807) is 0 Å². The van der Waals surface area contributed by atoms with Crippen molar-refractivity contribution in [3.05, 3.63) is 41.7 Å². The molecular formula is C18H22N6. The molecule has 1 aromatic carbocycles. The normalized spacial score (nSPS) is 15.0. The average molecular weight is 322 g/mol. The molecule has 0 saturated heterocycles. The molecule has 0 radical (unpaired) electrons. The van der Waals surface area contributed by atoms with Gasteiger partial charge in [0, 0.05) is 31.0 Å². The smallest absolute Gasteiger partial charge is 0.229 e. The molecule has 4 rings (SSSR count). The van der Waals surface area contributed by atoms with E-state index in [1.807, 2.05) is 17.1 Å². The van der Waals surface area contributed by atoms with E-state index in [2.05, 4.69) is 64.4 Å². The zero-order valence-corrected chi connectivity index (χ0v) is 14.3. The maximum atomic E-state index is 4.65. The first-order valence-corrected chi connectivity index (χ1v) is 8.38. The fourth-order valence-corrected chi connectivity index (χ4v) is 3.18. The highest BCUT2D eigenvalue weighted by molar-refractivity contribution is 5.75. The Morgan fingerprint density at radius 2 is 2.04 bits per heavy atom. The zero-order valence-electron chi connectivity index (χ0n) is 14.3. The number of aromatic nitrogens is 4. The van der Waals surface area contributed by atoms with Gasteiger partial charge in [0.2, 0.25) is 5.95 Å². The Hall–Kier alpha value is -2.47. The van der Waals surface area contributed by atoms with E-state index < -0.39 is 0 Å². The van der Waals surface area contributed by atoms with Crippen LogP contribution in [0.3, 0.4) is 0 Å². The van der Waals surface area contributed by atoms with Crippen LogP contribution < -0.4 is 5.32 Å². The second-order valence-corrected chi connectivity index (χ2v) is 6.75. The number of anilines is 2. The first kappa shape index (κ1) is 15.1. The van der Waals surface area contributed by atoms with Crippen LogP contribution in [0.15, 0.2) is 30.6 Å². The highest BCUT2D eigenvalue weighted by Crippen LogP contribution is 2.24. The van der Waals surface area contributed by atoms with Crippen LogP contribution in [0, 0.1) is 0 Å². The third kappa shape index (κ3) is 2.73. The van der Waals surface area contributed by atoms with Crippen molar-refractivity contribution in [2.24, 2.45) is 0 Å². The van der Waals surface area contributed by atoms with Crippen molar-refractivity contribution in [3.63, 3.8) is 0 Å². The lowest BCUT2D eigenvalue weighted by molar-refractivity contribution is 0.313. The summed E-state index contributed by atoms with van der Waals surface area (Å²) in [6, 6.07) is 6.79. The minimum absolute atomic E-state index is 0.268. The number of rotatable bonds is 3. The molecule has 0 aliphatic carbocycles. The lowest BCUT2D eigenvalue weighted by Crippen LogP contribution is -2.26. The van der Waals surface area contributed by atoms with Crippen LogP contribution in [-0.4, -0.2) is 38.2 Å². The molecule has 1 aliphatic heterocycles. The third-order valence-corrected chi connectivity index (χ3v) is 4.49. The van der Waals surface area contributed by atoms with Crippen LogP contribution in [0.25, 0.3) is 11.0 Å². The Morgan fingerprint density at radius 1 is 1.17 bits per heavy atom. The largest absolute Gasteiger partial charge is 0.324 e. The molecule has 0 spiro atoms. The van der Waals surface area contributed by atoms with Crippen molar-refractivity contribution in [1.82, 2.24) is 24.6 Å². The minimum Gasteiger partial charge on any atom is -0.324 e. The molecule has 0 saturated carbocycles. The van der Waals surface area contributed by atoms with Gasteiger partial charge in [-0.2, -0.15) is 10.1 Å². The number of likely N-dealkylation sites (N-methyl/N-ethyl adjacent to an activating group) is 1. The first-order valence-electron chi connectivity index (χ1n) is 8.38. The fourth-order valence-electron chi connectivity index (χ4n) is 3.18. The molecular weight excluding hydrogens is 300 g/mol. The van der Waals surface area contributed by atoms with Gasteiger partial charge in [0.1, 0.15) is 0 Å². The van der Waals surface area contributed by atoms with Gasteiger partial charge in [0.15, 0.2) is 5.65 Å². The number of hydrogen-bond acceptors (Lipinski definition) is 5. The predicted octanol–water partition coefficient (Wildman–Crippen LogP) is 3.14. The SMILES string of the molecule is CC(C)n1ncc2cnc(Nc3ccc4c(c3)CN(C)CC4)nc21. The van der Waals surface area contributed by atoms with Crippen molar-refractivity contribution in [2.45, 2.75) is 32.9 Å². The van der Waals surface area contributed by atoms with Gasteiger partial charge in [-0.15, -0.1) is 0 Å². The Bertz CT molecular complexity index is 882. The Morgan fingerprint density at radius 3 is 2.88 bits per heavy atom. The summed E-state index contributed by atoms with van der Waals surface area (Å²) in [5.74, 6) is 0.606. The number of hydrogen-bond donors (Lipinski definition) is 1. The van der Waals surface area contributed by atoms with Crippen molar-refractivity contribution >= 4 is 22.7 Å². The Balaban J connectivity index is 1.64. The highest BCUT2D eigenvalue weighted by Gasteiger charge is 2.14. The standard InChI is InChI=1S/C18H22N6/c1-12(2)24-17-15(10-20-24)9-19-18(22-17)21-16-5-4-13-6-7-23(3)11-14(13)8-16/h4-5,8-10,12H,6-7,11H2,1-3H3,(H,19,21,22). The fraction of sp³-hybridized carbons (Fsp3) is 0.389. The average Bonchev–Trinajstić information content (AvgIpc) is 2.98. The summed E-state index contributed by atoms with van der Waals surface area (Å²) in [6.45, 7) is 6.31. The summed E-state index contributed by atoms with van der Waals surface area (Å²) < 4.78 is 1.92. The molecule has 1 N–H and O–H groups in total. The molecule has 6 heteroatoms. The molecule has 3 aromatic rings. The molecule has 1 aliphatic rings. The number of fused-ring (bicyclic) bond motifs is 2.